The highest BCUT2D eigenvalue weighted by Crippen LogP contribution is 2.52. The second-order valence-corrected chi connectivity index (χ2v) is 11.7. The van der Waals surface area contributed by atoms with E-state index < -0.39 is 8.07 Å². The summed E-state index contributed by atoms with van der Waals surface area (Å²) in [6.45, 7) is 16.2. The predicted octanol–water partition coefficient (Wildman–Crippen LogP) is 4.46. The Hall–Kier alpha value is -0.0431. The maximum Gasteiger partial charge on any atom is 0.0474 e. The molecular formula is C12H24Si. The molecule has 1 saturated carbocycles. The van der Waals surface area contributed by atoms with Crippen molar-refractivity contribution in [2.75, 3.05) is 0 Å². The molecule has 0 radical (unpaired) electrons. The van der Waals surface area contributed by atoms with Crippen LogP contribution in [-0.4, -0.2) is 8.07 Å². The molecular weight excluding hydrogens is 172 g/mol. The zero-order chi connectivity index (χ0) is 10.3. The van der Waals surface area contributed by atoms with E-state index in [-0.39, 0.29) is 0 Å². The Kier molecular flexibility index (Phi) is 2.77. The van der Waals surface area contributed by atoms with Gasteiger partial charge in [0.05, 0.1) is 0 Å². The van der Waals surface area contributed by atoms with Gasteiger partial charge in [-0.3, -0.25) is 0 Å². The molecule has 0 saturated heterocycles. The largest absolute Gasteiger partial charge is 0.0996 e. The van der Waals surface area contributed by atoms with E-state index in [2.05, 4.69) is 40.1 Å². The van der Waals surface area contributed by atoms with Crippen LogP contribution in [0.2, 0.25) is 25.2 Å². The van der Waals surface area contributed by atoms with Crippen molar-refractivity contribution < 1.29 is 0 Å². The lowest BCUT2D eigenvalue weighted by Gasteiger charge is -2.29. The fraction of sp³-hybridized carbons (Fsp3) is 0.833. The third-order valence-corrected chi connectivity index (χ3v) is 6.94. The SMILES string of the molecule is C=C(C)C1(C)CCC([Si](C)(C)C)C1. The number of hydrogen-bond acceptors (Lipinski definition) is 0. The number of rotatable bonds is 2. The second kappa shape index (κ2) is 3.27. The summed E-state index contributed by atoms with van der Waals surface area (Å²) in [6, 6.07) is 0. The first-order valence-corrected chi connectivity index (χ1v) is 8.99. The highest BCUT2D eigenvalue weighted by molar-refractivity contribution is 6.77. The summed E-state index contributed by atoms with van der Waals surface area (Å²) in [5.74, 6) is 0. The molecule has 0 amide bonds. The van der Waals surface area contributed by atoms with Crippen molar-refractivity contribution >= 4 is 8.07 Å². The molecule has 76 valence electrons. The van der Waals surface area contributed by atoms with E-state index >= 15 is 0 Å². The summed E-state index contributed by atoms with van der Waals surface area (Å²) in [5.41, 5.74) is 2.88. The minimum atomic E-state index is -0.900. The monoisotopic (exact) mass is 196 g/mol. The summed E-state index contributed by atoms with van der Waals surface area (Å²) in [4.78, 5) is 0. The van der Waals surface area contributed by atoms with Gasteiger partial charge in [-0.05, 0) is 30.7 Å². The van der Waals surface area contributed by atoms with Crippen LogP contribution in [0.1, 0.15) is 33.1 Å². The molecule has 2 atom stereocenters. The fourth-order valence-corrected chi connectivity index (χ4v) is 4.44. The zero-order valence-corrected chi connectivity index (χ0v) is 10.9. The van der Waals surface area contributed by atoms with Gasteiger partial charge in [0.1, 0.15) is 0 Å². The molecule has 0 bridgehead atoms. The normalized spacial score (nSPS) is 35.0. The van der Waals surface area contributed by atoms with Crippen LogP contribution in [0.15, 0.2) is 12.2 Å². The van der Waals surface area contributed by atoms with E-state index in [0.29, 0.717) is 5.41 Å². The fourth-order valence-electron chi connectivity index (χ4n) is 2.37. The van der Waals surface area contributed by atoms with Gasteiger partial charge in [0, 0.05) is 8.07 Å². The molecule has 0 nitrogen and oxygen atoms in total. The average molecular weight is 196 g/mol. The standard InChI is InChI=1S/C12H24Si/c1-10(2)12(3)8-7-11(9-12)13(4,5)6/h11H,1,7-9H2,2-6H3. The van der Waals surface area contributed by atoms with Gasteiger partial charge in [0.15, 0.2) is 0 Å². The first kappa shape index (κ1) is 11.0. The van der Waals surface area contributed by atoms with Crippen molar-refractivity contribution in [3.63, 3.8) is 0 Å². The highest BCUT2D eigenvalue weighted by atomic mass is 28.3. The van der Waals surface area contributed by atoms with Crippen molar-refractivity contribution in [2.45, 2.75) is 58.3 Å². The first-order valence-electron chi connectivity index (χ1n) is 5.42. The van der Waals surface area contributed by atoms with E-state index in [1.54, 1.807) is 0 Å². The van der Waals surface area contributed by atoms with E-state index in [1.807, 2.05) is 0 Å². The van der Waals surface area contributed by atoms with Gasteiger partial charge in [-0.1, -0.05) is 45.1 Å². The van der Waals surface area contributed by atoms with E-state index in [9.17, 15) is 0 Å². The Balaban J connectivity index is 2.69. The highest BCUT2D eigenvalue weighted by Gasteiger charge is 2.40. The van der Waals surface area contributed by atoms with Crippen LogP contribution in [0.3, 0.4) is 0 Å². The molecule has 0 spiro atoms. The predicted molar refractivity (Wildman–Crippen MR) is 63.9 cm³/mol. The van der Waals surface area contributed by atoms with Crippen LogP contribution in [0.4, 0.5) is 0 Å². The summed E-state index contributed by atoms with van der Waals surface area (Å²) >= 11 is 0. The zero-order valence-electron chi connectivity index (χ0n) is 9.91. The summed E-state index contributed by atoms with van der Waals surface area (Å²) in [6.07, 6.45) is 4.22. The van der Waals surface area contributed by atoms with Crippen molar-refractivity contribution in [1.82, 2.24) is 0 Å². The van der Waals surface area contributed by atoms with Crippen LogP contribution >= 0.6 is 0 Å². The molecule has 2 unspecified atom stereocenters. The van der Waals surface area contributed by atoms with E-state index in [4.69, 9.17) is 0 Å². The number of allylic oxidation sites excluding steroid dienone is 1. The topological polar surface area (TPSA) is 0 Å². The maximum absolute atomic E-state index is 4.14. The molecule has 1 heteroatoms. The van der Waals surface area contributed by atoms with Crippen LogP contribution in [0, 0.1) is 5.41 Å². The van der Waals surface area contributed by atoms with Crippen LogP contribution < -0.4 is 0 Å². The van der Waals surface area contributed by atoms with Crippen LogP contribution in [0.25, 0.3) is 0 Å². The lowest BCUT2D eigenvalue weighted by Crippen LogP contribution is -2.27. The molecule has 0 N–H and O–H groups in total. The Morgan fingerprint density at radius 1 is 1.38 bits per heavy atom. The molecule has 0 aromatic rings. The second-order valence-electron chi connectivity index (χ2n) is 6.15. The van der Waals surface area contributed by atoms with Crippen LogP contribution in [-0.2, 0) is 0 Å². The Morgan fingerprint density at radius 3 is 2.15 bits per heavy atom. The van der Waals surface area contributed by atoms with Crippen molar-refractivity contribution in [2.24, 2.45) is 5.41 Å². The van der Waals surface area contributed by atoms with Gasteiger partial charge in [-0.2, -0.15) is 0 Å². The molecule has 0 aromatic carbocycles. The molecule has 1 aliphatic rings. The average Bonchev–Trinajstić information content (AvgIpc) is 2.31. The Labute approximate surface area is 84.4 Å². The third-order valence-electron chi connectivity index (χ3n) is 4.00. The maximum atomic E-state index is 4.14. The third kappa shape index (κ3) is 2.25. The first-order chi connectivity index (χ1) is 5.76. The van der Waals surface area contributed by atoms with E-state index in [0.717, 1.165) is 5.54 Å². The molecule has 0 aliphatic heterocycles. The molecule has 13 heavy (non-hydrogen) atoms. The number of hydrogen-bond donors (Lipinski definition) is 0. The van der Waals surface area contributed by atoms with Crippen molar-refractivity contribution in [3.8, 4) is 0 Å². The molecule has 1 aliphatic carbocycles. The van der Waals surface area contributed by atoms with Gasteiger partial charge >= 0.3 is 0 Å². The van der Waals surface area contributed by atoms with E-state index in [1.165, 1.54) is 24.8 Å². The molecule has 1 fully saturated rings. The summed E-state index contributed by atoms with van der Waals surface area (Å²) < 4.78 is 0. The quantitative estimate of drug-likeness (QED) is 0.452. The molecule has 0 aromatic heterocycles. The van der Waals surface area contributed by atoms with Crippen LogP contribution in [0.5, 0.6) is 0 Å². The minimum absolute atomic E-state index is 0.463. The minimum Gasteiger partial charge on any atom is -0.0996 e. The van der Waals surface area contributed by atoms with Gasteiger partial charge in [-0.25, -0.2) is 0 Å². The molecule has 1 rings (SSSR count). The lowest BCUT2D eigenvalue weighted by molar-refractivity contribution is 0.415. The van der Waals surface area contributed by atoms with Gasteiger partial charge in [0.2, 0.25) is 0 Å². The van der Waals surface area contributed by atoms with Gasteiger partial charge in [0.25, 0.3) is 0 Å². The Morgan fingerprint density at radius 2 is 1.92 bits per heavy atom. The molecule has 0 heterocycles. The Bertz CT molecular complexity index is 212. The van der Waals surface area contributed by atoms with Gasteiger partial charge < -0.3 is 0 Å². The summed E-state index contributed by atoms with van der Waals surface area (Å²) in [5, 5.41) is 0. The van der Waals surface area contributed by atoms with Crippen molar-refractivity contribution in [3.05, 3.63) is 12.2 Å². The smallest absolute Gasteiger partial charge is 0.0474 e. The lowest BCUT2D eigenvalue weighted by atomic mass is 9.82. The van der Waals surface area contributed by atoms with Crippen molar-refractivity contribution in [1.29, 1.82) is 0 Å². The summed E-state index contributed by atoms with van der Waals surface area (Å²) in [7, 11) is -0.900. The van der Waals surface area contributed by atoms with Gasteiger partial charge in [-0.15, -0.1) is 0 Å².